The van der Waals surface area contributed by atoms with Crippen LogP contribution in [0.1, 0.15) is 22.4 Å². The molecule has 0 aliphatic heterocycles. The van der Waals surface area contributed by atoms with E-state index in [1.807, 2.05) is 41.0 Å². The minimum absolute atomic E-state index is 0.0534. The van der Waals surface area contributed by atoms with Gasteiger partial charge in [0.15, 0.2) is 10.9 Å². The molecular weight excluding hydrogens is 575 g/mol. The molecule has 1 aromatic carbocycles. The van der Waals surface area contributed by atoms with Crippen LogP contribution in [-0.4, -0.2) is 38.8 Å². The van der Waals surface area contributed by atoms with Crippen molar-refractivity contribution in [1.29, 1.82) is 0 Å². The molecule has 0 saturated heterocycles. The molecule has 10 heteroatoms. The average molecular weight is 591 g/mol. The summed E-state index contributed by atoms with van der Waals surface area (Å²) in [5.74, 6) is 0.991. The molecule has 2 heterocycles. The molecule has 0 radical (unpaired) electrons. The summed E-state index contributed by atoms with van der Waals surface area (Å²) in [6.07, 6.45) is 0.547. The van der Waals surface area contributed by atoms with Gasteiger partial charge in [-0.1, -0.05) is 11.8 Å². The zero-order valence-corrected chi connectivity index (χ0v) is 20.2. The number of hydrogen-bond acceptors (Lipinski definition) is 6. The van der Waals surface area contributed by atoms with E-state index in [4.69, 9.17) is 0 Å². The second-order valence-electron chi connectivity index (χ2n) is 5.76. The Bertz CT molecular complexity index is 988. The number of carbonyl (C=O) groups is 2. The Morgan fingerprint density at radius 1 is 1.21 bits per heavy atom. The number of nitrogens with one attached hydrogen (secondary N) is 1. The molecule has 0 atom stereocenters. The SMILES string of the molecule is CC(=O)NCCc1nnc(SCC(=O)c2ccc(Br)s2)n1-c1ccc(I)cc1. The Kier molecular flexibility index (Phi) is 7.66. The van der Waals surface area contributed by atoms with E-state index in [9.17, 15) is 9.59 Å². The van der Waals surface area contributed by atoms with Gasteiger partial charge in [0.2, 0.25) is 5.91 Å². The summed E-state index contributed by atoms with van der Waals surface area (Å²) in [6.45, 7) is 1.96. The van der Waals surface area contributed by atoms with Crippen LogP contribution in [0.15, 0.2) is 45.3 Å². The molecule has 0 spiro atoms. The number of carbonyl (C=O) groups excluding carboxylic acids is 2. The van der Waals surface area contributed by atoms with E-state index < -0.39 is 0 Å². The second kappa shape index (κ2) is 9.99. The normalized spacial score (nSPS) is 10.8. The summed E-state index contributed by atoms with van der Waals surface area (Å²) in [6, 6.07) is 11.7. The zero-order valence-electron chi connectivity index (χ0n) is 14.8. The van der Waals surface area contributed by atoms with E-state index in [1.54, 1.807) is 0 Å². The third kappa shape index (κ3) is 5.65. The van der Waals surface area contributed by atoms with Crippen molar-refractivity contribution in [2.75, 3.05) is 12.3 Å². The van der Waals surface area contributed by atoms with Crippen LogP contribution in [0.4, 0.5) is 0 Å². The number of amides is 1. The smallest absolute Gasteiger partial charge is 0.216 e. The van der Waals surface area contributed by atoms with Gasteiger partial charge in [-0.2, -0.15) is 0 Å². The van der Waals surface area contributed by atoms with Crippen LogP contribution in [0.25, 0.3) is 5.69 Å². The first-order valence-electron chi connectivity index (χ1n) is 8.30. The van der Waals surface area contributed by atoms with Crippen molar-refractivity contribution in [3.05, 3.63) is 54.5 Å². The molecule has 0 aliphatic carbocycles. The molecule has 0 bridgehead atoms. The first-order valence-corrected chi connectivity index (χ1v) is 12.0. The van der Waals surface area contributed by atoms with Crippen molar-refractivity contribution >= 4 is 73.3 Å². The number of halogens is 2. The van der Waals surface area contributed by atoms with Crippen LogP contribution in [0.3, 0.4) is 0 Å². The highest BCUT2D eigenvalue weighted by molar-refractivity contribution is 14.1. The molecule has 1 amide bonds. The fourth-order valence-corrected chi connectivity index (χ4v) is 5.05. The molecule has 0 saturated carbocycles. The molecule has 1 N–H and O–H groups in total. The molecule has 6 nitrogen and oxygen atoms in total. The van der Waals surface area contributed by atoms with E-state index in [1.165, 1.54) is 30.0 Å². The summed E-state index contributed by atoms with van der Waals surface area (Å²) in [5, 5.41) is 12.0. The lowest BCUT2D eigenvalue weighted by molar-refractivity contribution is -0.118. The number of aromatic nitrogens is 3. The van der Waals surface area contributed by atoms with Crippen LogP contribution in [0.5, 0.6) is 0 Å². The fraction of sp³-hybridized carbons (Fsp3) is 0.222. The number of nitrogens with zero attached hydrogens (tertiary/aromatic N) is 3. The Morgan fingerprint density at radius 3 is 2.61 bits per heavy atom. The van der Waals surface area contributed by atoms with Crippen LogP contribution < -0.4 is 5.32 Å². The summed E-state index contributed by atoms with van der Waals surface area (Å²) in [7, 11) is 0. The number of hydrogen-bond donors (Lipinski definition) is 1. The lowest BCUT2D eigenvalue weighted by atomic mass is 10.3. The molecule has 2 aromatic heterocycles. The zero-order chi connectivity index (χ0) is 20.1. The molecular formula is C18H16BrIN4O2S2. The molecule has 0 unspecified atom stereocenters. The predicted octanol–water partition coefficient (Wildman–Crippen LogP) is 4.35. The Hall–Kier alpha value is -1.24. The maximum absolute atomic E-state index is 12.4. The highest BCUT2D eigenvalue weighted by Crippen LogP contribution is 2.27. The maximum Gasteiger partial charge on any atom is 0.216 e. The van der Waals surface area contributed by atoms with Gasteiger partial charge in [-0.05, 0) is 74.9 Å². The maximum atomic E-state index is 12.4. The van der Waals surface area contributed by atoms with E-state index in [-0.39, 0.29) is 17.4 Å². The number of thioether (sulfide) groups is 1. The van der Waals surface area contributed by atoms with Crippen molar-refractivity contribution in [3.8, 4) is 5.69 Å². The van der Waals surface area contributed by atoms with Gasteiger partial charge in [-0.3, -0.25) is 14.2 Å². The van der Waals surface area contributed by atoms with Crippen molar-refractivity contribution in [1.82, 2.24) is 20.1 Å². The quantitative estimate of drug-likeness (QED) is 0.240. The minimum Gasteiger partial charge on any atom is -0.356 e. The Labute approximate surface area is 192 Å². The highest BCUT2D eigenvalue weighted by atomic mass is 127. The van der Waals surface area contributed by atoms with Crippen molar-refractivity contribution in [3.63, 3.8) is 0 Å². The molecule has 3 aromatic rings. The van der Waals surface area contributed by atoms with Crippen LogP contribution in [0, 0.1) is 3.57 Å². The third-order valence-electron chi connectivity index (χ3n) is 3.69. The predicted molar refractivity (Wildman–Crippen MR) is 124 cm³/mol. The van der Waals surface area contributed by atoms with E-state index in [0.29, 0.717) is 23.0 Å². The average Bonchev–Trinajstić information content (AvgIpc) is 3.27. The number of rotatable bonds is 8. The van der Waals surface area contributed by atoms with Gasteiger partial charge in [-0.15, -0.1) is 21.5 Å². The lowest BCUT2D eigenvalue weighted by Gasteiger charge is -2.10. The number of thiophene rings is 1. The molecule has 146 valence electrons. The summed E-state index contributed by atoms with van der Waals surface area (Å²) >= 11 is 8.42. The number of Topliss-reactive ketones (excluding diaryl/α,β-unsaturated/α-hetero) is 1. The monoisotopic (exact) mass is 590 g/mol. The van der Waals surface area contributed by atoms with Crippen LogP contribution in [-0.2, 0) is 11.2 Å². The van der Waals surface area contributed by atoms with E-state index in [0.717, 1.165) is 18.9 Å². The number of ketones is 1. The Balaban J connectivity index is 1.81. The second-order valence-corrected chi connectivity index (χ2v) is 10.4. The molecule has 3 rings (SSSR count). The van der Waals surface area contributed by atoms with Gasteiger partial charge in [-0.25, -0.2) is 0 Å². The topological polar surface area (TPSA) is 76.9 Å². The van der Waals surface area contributed by atoms with Gasteiger partial charge in [0.25, 0.3) is 0 Å². The van der Waals surface area contributed by atoms with Gasteiger partial charge >= 0.3 is 0 Å². The van der Waals surface area contributed by atoms with Gasteiger partial charge in [0, 0.05) is 29.1 Å². The summed E-state index contributed by atoms with van der Waals surface area (Å²) < 4.78 is 4.00. The fourth-order valence-electron chi connectivity index (χ4n) is 2.42. The third-order valence-corrected chi connectivity index (χ3v) is 7.00. The first-order chi connectivity index (χ1) is 13.4. The standard InChI is InChI=1S/C18H16BrIN4O2S2/c1-11(25)21-9-8-17-22-23-18(24(17)13-4-2-12(20)3-5-13)27-10-14(26)15-6-7-16(19)28-15/h2-7H,8-10H2,1H3,(H,21,25). The lowest BCUT2D eigenvalue weighted by Crippen LogP contribution is -2.23. The minimum atomic E-state index is -0.0809. The largest absolute Gasteiger partial charge is 0.356 e. The van der Waals surface area contributed by atoms with Gasteiger partial charge in [0.05, 0.1) is 14.4 Å². The summed E-state index contributed by atoms with van der Waals surface area (Å²) in [4.78, 5) is 24.3. The van der Waals surface area contributed by atoms with Crippen molar-refractivity contribution in [2.45, 2.75) is 18.5 Å². The molecule has 0 fully saturated rings. The highest BCUT2D eigenvalue weighted by Gasteiger charge is 2.17. The van der Waals surface area contributed by atoms with Crippen LogP contribution in [0.2, 0.25) is 0 Å². The molecule has 28 heavy (non-hydrogen) atoms. The van der Waals surface area contributed by atoms with Gasteiger partial charge in [0.1, 0.15) is 5.82 Å². The van der Waals surface area contributed by atoms with E-state index in [2.05, 4.69) is 54.0 Å². The number of benzene rings is 1. The first kappa shape index (κ1) is 21.5. The Morgan fingerprint density at radius 2 is 1.96 bits per heavy atom. The van der Waals surface area contributed by atoms with Crippen molar-refractivity contribution in [2.24, 2.45) is 0 Å². The van der Waals surface area contributed by atoms with Gasteiger partial charge < -0.3 is 5.32 Å². The molecule has 0 aliphatic rings. The summed E-state index contributed by atoms with van der Waals surface area (Å²) in [5.41, 5.74) is 0.928. The van der Waals surface area contributed by atoms with Crippen molar-refractivity contribution < 1.29 is 9.59 Å². The van der Waals surface area contributed by atoms with E-state index >= 15 is 0 Å². The van der Waals surface area contributed by atoms with Crippen LogP contribution >= 0.6 is 61.6 Å².